The minimum atomic E-state index is -0.822. The molecule has 0 aromatic carbocycles. The number of hydrogen-bond acceptors (Lipinski definition) is 4. The van der Waals surface area contributed by atoms with Gasteiger partial charge in [-0.3, -0.25) is 4.79 Å². The van der Waals surface area contributed by atoms with Gasteiger partial charge in [-0.25, -0.2) is 4.98 Å². The van der Waals surface area contributed by atoms with Crippen LogP contribution in [0.3, 0.4) is 0 Å². The van der Waals surface area contributed by atoms with Crippen LogP contribution < -0.4 is 5.32 Å². The van der Waals surface area contributed by atoms with E-state index in [0.29, 0.717) is 5.69 Å². The highest BCUT2D eigenvalue weighted by Gasteiger charge is 2.12. The summed E-state index contributed by atoms with van der Waals surface area (Å²) in [7, 11) is 0. The summed E-state index contributed by atoms with van der Waals surface area (Å²) in [4.78, 5) is 14.6. The Morgan fingerprint density at radius 1 is 1.65 bits per heavy atom. The molecule has 0 saturated heterocycles. The van der Waals surface area contributed by atoms with Crippen LogP contribution in [0.1, 0.15) is 31.9 Å². The Hall–Kier alpha value is -2.09. The molecule has 0 bridgehead atoms. The minimum absolute atomic E-state index is 0.0772. The van der Waals surface area contributed by atoms with Crippen molar-refractivity contribution in [1.82, 2.24) is 4.98 Å². The lowest BCUT2D eigenvalue weighted by Gasteiger charge is -2.16. The largest absolute Gasteiger partial charge is 0.481 e. The van der Waals surface area contributed by atoms with E-state index in [1.807, 2.05) is 13.0 Å². The van der Waals surface area contributed by atoms with Crippen molar-refractivity contribution < 1.29 is 9.90 Å². The molecule has 0 amide bonds. The molecule has 5 nitrogen and oxygen atoms in total. The van der Waals surface area contributed by atoms with Crippen molar-refractivity contribution in [3.63, 3.8) is 0 Å². The number of pyridine rings is 1. The molecule has 1 rings (SSSR count). The molecule has 1 aromatic heterocycles. The van der Waals surface area contributed by atoms with Crippen LogP contribution in [0, 0.1) is 11.3 Å². The lowest BCUT2D eigenvalue weighted by atomic mass is 10.1. The molecular formula is C12H15N3O2. The Labute approximate surface area is 100 Å². The molecule has 0 spiro atoms. The van der Waals surface area contributed by atoms with E-state index in [9.17, 15) is 4.79 Å². The summed E-state index contributed by atoms with van der Waals surface area (Å²) in [5.74, 6) is -0.822. The Morgan fingerprint density at radius 2 is 2.41 bits per heavy atom. The number of anilines is 1. The van der Waals surface area contributed by atoms with Crippen LogP contribution in [0.5, 0.6) is 0 Å². The highest BCUT2D eigenvalue weighted by molar-refractivity contribution is 5.68. The van der Waals surface area contributed by atoms with Gasteiger partial charge in [-0.1, -0.05) is 13.3 Å². The van der Waals surface area contributed by atoms with Gasteiger partial charge in [0.05, 0.1) is 18.3 Å². The zero-order valence-corrected chi connectivity index (χ0v) is 9.68. The molecule has 0 radical (unpaired) electrons. The van der Waals surface area contributed by atoms with Crippen molar-refractivity contribution >= 4 is 11.7 Å². The summed E-state index contributed by atoms with van der Waals surface area (Å²) >= 11 is 0. The third-order valence-corrected chi connectivity index (χ3v) is 2.31. The van der Waals surface area contributed by atoms with E-state index in [0.717, 1.165) is 18.5 Å². The first-order chi connectivity index (χ1) is 8.15. The summed E-state index contributed by atoms with van der Waals surface area (Å²) in [6, 6.07) is 5.16. The zero-order chi connectivity index (χ0) is 12.7. The van der Waals surface area contributed by atoms with E-state index >= 15 is 0 Å². The summed E-state index contributed by atoms with van der Waals surface area (Å²) in [5, 5.41) is 20.5. The van der Waals surface area contributed by atoms with E-state index in [1.165, 1.54) is 0 Å². The zero-order valence-electron chi connectivity index (χ0n) is 9.68. The first-order valence-corrected chi connectivity index (χ1v) is 5.50. The van der Waals surface area contributed by atoms with Crippen molar-refractivity contribution in [3.05, 3.63) is 24.0 Å². The van der Waals surface area contributed by atoms with Gasteiger partial charge in [0, 0.05) is 6.04 Å². The average Bonchev–Trinajstić information content (AvgIpc) is 2.29. The molecular weight excluding hydrogens is 218 g/mol. The fourth-order valence-electron chi connectivity index (χ4n) is 1.57. The second-order valence-corrected chi connectivity index (χ2v) is 3.77. The van der Waals surface area contributed by atoms with E-state index in [1.54, 1.807) is 18.3 Å². The van der Waals surface area contributed by atoms with Crippen LogP contribution in [-0.2, 0) is 4.79 Å². The summed E-state index contributed by atoms with van der Waals surface area (Å²) in [5.41, 5.74) is 1.09. The van der Waals surface area contributed by atoms with Gasteiger partial charge in [0.15, 0.2) is 0 Å². The average molecular weight is 233 g/mol. The van der Waals surface area contributed by atoms with Crippen LogP contribution in [-0.4, -0.2) is 22.1 Å². The molecule has 1 heterocycles. The third-order valence-electron chi connectivity index (χ3n) is 2.31. The van der Waals surface area contributed by atoms with Gasteiger partial charge in [0.2, 0.25) is 0 Å². The predicted octanol–water partition coefficient (Wildman–Crippen LogP) is 2.01. The normalized spacial score (nSPS) is 11.5. The van der Waals surface area contributed by atoms with Crippen LogP contribution in [0.4, 0.5) is 5.69 Å². The van der Waals surface area contributed by atoms with Crippen LogP contribution in [0.25, 0.3) is 0 Å². The summed E-state index contributed by atoms with van der Waals surface area (Å²) < 4.78 is 0. The van der Waals surface area contributed by atoms with Crippen molar-refractivity contribution in [2.24, 2.45) is 0 Å². The van der Waals surface area contributed by atoms with Crippen molar-refractivity contribution in [2.75, 3.05) is 5.32 Å². The molecule has 0 aliphatic carbocycles. The lowest BCUT2D eigenvalue weighted by Crippen LogP contribution is -2.23. The predicted molar refractivity (Wildman–Crippen MR) is 63.5 cm³/mol. The molecule has 0 aliphatic heterocycles. The van der Waals surface area contributed by atoms with E-state index in [-0.39, 0.29) is 12.5 Å². The smallest absolute Gasteiger partial charge is 0.305 e. The third kappa shape index (κ3) is 4.51. The number of carboxylic acids is 1. The molecule has 2 N–H and O–H groups in total. The molecule has 1 unspecified atom stereocenters. The summed E-state index contributed by atoms with van der Waals surface area (Å²) in [6.45, 7) is 2.01. The Morgan fingerprint density at radius 3 is 2.88 bits per heavy atom. The topological polar surface area (TPSA) is 86.0 Å². The highest BCUT2D eigenvalue weighted by atomic mass is 16.4. The standard InChI is InChI=1S/C12H15N3O2/c1-2-3-9(6-12(16)17)15-11-5-4-10(7-13)14-8-11/h4-5,8-9,15H,2-3,6H2,1H3,(H,16,17). The molecule has 1 aromatic rings. The van der Waals surface area contributed by atoms with Gasteiger partial charge in [-0.05, 0) is 18.6 Å². The fraction of sp³-hybridized carbons (Fsp3) is 0.417. The number of aromatic nitrogens is 1. The van der Waals surface area contributed by atoms with Crippen LogP contribution in [0.15, 0.2) is 18.3 Å². The number of carboxylic acid groups (broad SMARTS) is 1. The van der Waals surface area contributed by atoms with Gasteiger partial charge in [0.1, 0.15) is 11.8 Å². The first-order valence-electron chi connectivity index (χ1n) is 5.50. The molecule has 0 aliphatic rings. The molecule has 0 fully saturated rings. The number of rotatable bonds is 6. The number of hydrogen-bond donors (Lipinski definition) is 2. The van der Waals surface area contributed by atoms with Crippen molar-refractivity contribution in [1.29, 1.82) is 5.26 Å². The quantitative estimate of drug-likeness (QED) is 0.784. The molecule has 90 valence electrons. The SMILES string of the molecule is CCCC(CC(=O)O)Nc1ccc(C#N)nc1. The van der Waals surface area contributed by atoms with E-state index in [4.69, 9.17) is 10.4 Å². The molecule has 1 atom stereocenters. The minimum Gasteiger partial charge on any atom is -0.481 e. The van der Waals surface area contributed by atoms with Gasteiger partial charge in [0.25, 0.3) is 0 Å². The Bertz CT molecular complexity index is 409. The lowest BCUT2D eigenvalue weighted by molar-refractivity contribution is -0.137. The highest BCUT2D eigenvalue weighted by Crippen LogP contribution is 2.12. The maximum Gasteiger partial charge on any atom is 0.305 e. The summed E-state index contributed by atoms with van der Waals surface area (Å²) in [6.07, 6.45) is 3.32. The van der Waals surface area contributed by atoms with Gasteiger partial charge in [-0.15, -0.1) is 0 Å². The number of aliphatic carboxylic acids is 1. The van der Waals surface area contributed by atoms with Gasteiger partial charge >= 0.3 is 5.97 Å². The van der Waals surface area contributed by atoms with Gasteiger partial charge in [-0.2, -0.15) is 5.26 Å². The Kier molecular flexibility index (Phi) is 4.95. The van der Waals surface area contributed by atoms with Crippen LogP contribution >= 0.6 is 0 Å². The number of nitrogens with zero attached hydrogens (tertiary/aromatic N) is 2. The van der Waals surface area contributed by atoms with E-state index in [2.05, 4.69) is 10.3 Å². The maximum absolute atomic E-state index is 10.7. The van der Waals surface area contributed by atoms with Crippen molar-refractivity contribution in [3.8, 4) is 6.07 Å². The van der Waals surface area contributed by atoms with Gasteiger partial charge < -0.3 is 10.4 Å². The Balaban J connectivity index is 2.65. The van der Waals surface area contributed by atoms with Crippen LogP contribution in [0.2, 0.25) is 0 Å². The molecule has 17 heavy (non-hydrogen) atoms. The number of nitriles is 1. The number of carbonyl (C=O) groups is 1. The molecule has 0 saturated carbocycles. The first kappa shape index (κ1) is 13.0. The molecule has 5 heteroatoms. The fourth-order valence-corrected chi connectivity index (χ4v) is 1.57. The van der Waals surface area contributed by atoms with E-state index < -0.39 is 5.97 Å². The second kappa shape index (κ2) is 6.48. The number of nitrogens with one attached hydrogen (secondary N) is 1. The van der Waals surface area contributed by atoms with Crippen molar-refractivity contribution in [2.45, 2.75) is 32.2 Å². The monoisotopic (exact) mass is 233 g/mol. The maximum atomic E-state index is 10.7. The second-order valence-electron chi connectivity index (χ2n) is 3.77.